The number of sulfonamides is 1. The largest absolute Gasteiger partial charge is 0.338 e. The maximum atomic E-state index is 12.7. The Labute approximate surface area is 157 Å². The molecule has 0 unspecified atom stereocenters. The van der Waals surface area contributed by atoms with Crippen molar-refractivity contribution in [1.82, 2.24) is 9.97 Å². The summed E-state index contributed by atoms with van der Waals surface area (Å²) in [5.74, 6) is 0.506. The van der Waals surface area contributed by atoms with Crippen LogP contribution in [0, 0.1) is 13.8 Å². The van der Waals surface area contributed by atoms with Gasteiger partial charge < -0.3 is 5.32 Å². The number of para-hydroxylation sites is 2. The molecule has 1 aromatic heterocycles. The van der Waals surface area contributed by atoms with E-state index in [4.69, 9.17) is 11.6 Å². The average molecular weight is 389 g/mol. The van der Waals surface area contributed by atoms with E-state index in [9.17, 15) is 8.42 Å². The Morgan fingerprint density at radius 3 is 2.31 bits per heavy atom. The minimum absolute atomic E-state index is 0.107. The molecule has 0 aliphatic heterocycles. The van der Waals surface area contributed by atoms with Crippen molar-refractivity contribution in [3.05, 3.63) is 71.1 Å². The molecular weight excluding hydrogens is 372 g/mol. The molecule has 3 rings (SSSR count). The molecule has 2 aromatic carbocycles. The Bertz CT molecular complexity index is 1040. The predicted octanol–water partition coefficient (Wildman–Crippen LogP) is 4.29. The number of anilines is 3. The quantitative estimate of drug-likeness (QED) is 0.637. The zero-order chi connectivity index (χ0) is 18.7. The van der Waals surface area contributed by atoms with Gasteiger partial charge in [-0.05, 0) is 49.7 Å². The smallest absolute Gasteiger partial charge is 0.261 e. The molecule has 134 valence electrons. The number of rotatable bonds is 5. The number of nitrogens with zero attached hydrogens (tertiary/aromatic N) is 2. The molecule has 2 N–H and O–H groups in total. The van der Waals surface area contributed by atoms with Crippen LogP contribution in [0.1, 0.15) is 11.1 Å². The molecule has 26 heavy (non-hydrogen) atoms. The van der Waals surface area contributed by atoms with E-state index >= 15 is 0 Å². The zero-order valence-electron chi connectivity index (χ0n) is 14.2. The number of halogens is 1. The summed E-state index contributed by atoms with van der Waals surface area (Å²) in [4.78, 5) is 8.25. The minimum atomic E-state index is -3.71. The highest BCUT2D eigenvalue weighted by Crippen LogP contribution is 2.28. The van der Waals surface area contributed by atoms with E-state index in [0.717, 1.165) is 11.1 Å². The molecule has 3 aromatic rings. The van der Waals surface area contributed by atoms with Crippen LogP contribution in [0.2, 0.25) is 5.28 Å². The number of nitrogens with one attached hydrogen (secondary N) is 2. The average Bonchev–Trinajstić information content (AvgIpc) is 2.60. The molecule has 0 bridgehead atoms. The van der Waals surface area contributed by atoms with E-state index < -0.39 is 10.0 Å². The van der Waals surface area contributed by atoms with Crippen molar-refractivity contribution in [1.29, 1.82) is 0 Å². The van der Waals surface area contributed by atoms with Gasteiger partial charge in [0.2, 0.25) is 5.28 Å². The molecule has 0 fully saturated rings. The van der Waals surface area contributed by atoms with Gasteiger partial charge in [0.25, 0.3) is 10.0 Å². The van der Waals surface area contributed by atoms with Crippen LogP contribution in [0.25, 0.3) is 0 Å². The molecule has 0 spiro atoms. The predicted molar refractivity (Wildman–Crippen MR) is 103 cm³/mol. The van der Waals surface area contributed by atoms with Crippen LogP contribution in [-0.4, -0.2) is 18.4 Å². The highest BCUT2D eigenvalue weighted by atomic mass is 35.5. The Morgan fingerprint density at radius 1 is 0.962 bits per heavy atom. The molecule has 0 amide bonds. The highest BCUT2D eigenvalue weighted by Gasteiger charge is 2.16. The second-order valence-corrected chi connectivity index (χ2v) is 7.78. The van der Waals surface area contributed by atoms with Crippen LogP contribution >= 0.6 is 11.6 Å². The number of aryl methyl sites for hydroxylation is 2. The monoisotopic (exact) mass is 388 g/mol. The van der Waals surface area contributed by atoms with E-state index in [1.807, 2.05) is 13.8 Å². The Balaban J connectivity index is 1.92. The van der Waals surface area contributed by atoms with Crippen LogP contribution in [0.4, 0.5) is 17.2 Å². The summed E-state index contributed by atoms with van der Waals surface area (Å²) in [5.41, 5.74) is 2.73. The fraction of sp³-hybridized carbons (Fsp3) is 0.111. The van der Waals surface area contributed by atoms with Crippen LogP contribution in [0.15, 0.2) is 59.6 Å². The lowest BCUT2D eigenvalue weighted by Gasteiger charge is -2.15. The van der Waals surface area contributed by atoms with Gasteiger partial charge in [0.15, 0.2) is 0 Å². The van der Waals surface area contributed by atoms with Crippen molar-refractivity contribution in [2.75, 3.05) is 10.0 Å². The van der Waals surface area contributed by atoms with Gasteiger partial charge in [0.1, 0.15) is 5.82 Å². The summed E-state index contributed by atoms with van der Waals surface area (Å²) < 4.78 is 27.9. The Hall–Kier alpha value is -2.64. The molecule has 1 heterocycles. The molecule has 0 saturated carbocycles. The van der Waals surface area contributed by atoms with Crippen molar-refractivity contribution in [3.63, 3.8) is 0 Å². The molecule has 0 radical (unpaired) electrons. The normalized spacial score (nSPS) is 11.2. The van der Waals surface area contributed by atoms with Gasteiger partial charge >= 0.3 is 0 Å². The van der Waals surface area contributed by atoms with E-state index in [2.05, 4.69) is 20.0 Å². The van der Waals surface area contributed by atoms with Crippen LogP contribution < -0.4 is 10.0 Å². The van der Waals surface area contributed by atoms with Crippen LogP contribution in [0.3, 0.4) is 0 Å². The second kappa shape index (κ2) is 7.31. The summed E-state index contributed by atoms with van der Waals surface area (Å²) in [6, 6.07) is 13.6. The SMILES string of the molecule is Cc1ccc(S(=O)(=O)Nc2ccccc2Nc2nc(Cl)ncc2C)cc1. The molecule has 0 aliphatic carbocycles. The molecular formula is C18H17ClN4O2S. The van der Waals surface area contributed by atoms with Crippen molar-refractivity contribution in [2.24, 2.45) is 0 Å². The van der Waals surface area contributed by atoms with Gasteiger partial charge in [-0.25, -0.2) is 18.4 Å². The maximum Gasteiger partial charge on any atom is 0.261 e. The summed E-state index contributed by atoms with van der Waals surface area (Å²) >= 11 is 5.85. The number of benzene rings is 2. The third-order valence-electron chi connectivity index (χ3n) is 3.70. The summed E-state index contributed by atoms with van der Waals surface area (Å²) in [7, 11) is -3.71. The molecule has 6 nitrogen and oxygen atoms in total. The van der Waals surface area contributed by atoms with Gasteiger partial charge in [-0.2, -0.15) is 0 Å². The zero-order valence-corrected chi connectivity index (χ0v) is 15.8. The maximum absolute atomic E-state index is 12.7. The van der Waals surface area contributed by atoms with Gasteiger partial charge in [-0.3, -0.25) is 4.72 Å². The van der Waals surface area contributed by atoms with E-state index in [1.165, 1.54) is 0 Å². The lowest BCUT2D eigenvalue weighted by Crippen LogP contribution is -2.14. The van der Waals surface area contributed by atoms with Crippen molar-refractivity contribution in [2.45, 2.75) is 18.7 Å². The molecule has 0 saturated heterocycles. The number of aromatic nitrogens is 2. The molecule has 8 heteroatoms. The summed E-state index contributed by atoms with van der Waals surface area (Å²) in [6.45, 7) is 3.73. The van der Waals surface area contributed by atoms with E-state index in [1.54, 1.807) is 54.7 Å². The number of hydrogen-bond donors (Lipinski definition) is 2. The van der Waals surface area contributed by atoms with Crippen molar-refractivity contribution in [3.8, 4) is 0 Å². The van der Waals surface area contributed by atoms with E-state index in [-0.39, 0.29) is 10.2 Å². The first-order chi connectivity index (χ1) is 12.3. The standard InChI is InChI=1S/C18H17ClN4O2S/c1-12-7-9-14(10-8-12)26(24,25)23-16-6-4-3-5-15(16)21-17-13(2)11-20-18(19)22-17/h3-11,23H,1-2H3,(H,20,21,22). The topological polar surface area (TPSA) is 84.0 Å². The first-order valence-corrected chi connectivity index (χ1v) is 9.66. The first-order valence-electron chi connectivity index (χ1n) is 7.80. The van der Waals surface area contributed by atoms with Gasteiger partial charge in [0, 0.05) is 11.8 Å². The van der Waals surface area contributed by atoms with Crippen LogP contribution in [0.5, 0.6) is 0 Å². The number of hydrogen-bond acceptors (Lipinski definition) is 5. The first kappa shape index (κ1) is 18.2. The minimum Gasteiger partial charge on any atom is -0.338 e. The fourth-order valence-electron chi connectivity index (χ4n) is 2.28. The fourth-order valence-corrected chi connectivity index (χ4v) is 3.49. The lowest BCUT2D eigenvalue weighted by atomic mass is 10.2. The van der Waals surface area contributed by atoms with Gasteiger partial charge in [-0.15, -0.1) is 0 Å². The van der Waals surface area contributed by atoms with Crippen molar-refractivity contribution >= 4 is 38.8 Å². The lowest BCUT2D eigenvalue weighted by molar-refractivity contribution is 0.601. The van der Waals surface area contributed by atoms with Gasteiger partial charge in [0.05, 0.1) is 16.3 Å². The highest BCUT2D eigenvalue weighted by molar-refractivity contribution is 7.92. The van der Waals surface area contributed by atoms with Crippen LogP contribution in [-0.2, 0) is 10.0 Å². The third kappa shape index (κ3) is 4.12. The Morgan fingerprint density at radius 2 is 1.62 bits per heavy atom. The summed E-state index contributed by atoms with van der Waals surface area (Å²) in [5, 5.41) is 3.21. The van der Waals surface area contributed by atoms with E-state index in [0.29, 0.717) is 17.2 Å². The van der Waals surface area contributed by atoms with Gasteiger partial charge in [-0.1, -0.05) is 29.8 Å². The Kier molecular flexibility index (Phi) is 5.11. The summed E-state index contributed by atoms with van der Waals surface area (Å²) in [6.07, 6.45) is 1.59. The molecule has 0 aliphatic rings. The van der Waals surface area contributed by atoms with Crippen molar-refractivity contribution < 1.29 is 8.42 Å². The second-order valence-electron chi connectivity index (χ2n) is 5.76. The molecule has 0 atom stereocenters. The third-order valence-corrected chi connectivity index (χ3v) is 5.26.